The normalized spacial score (nSPS) is 7.69. The van der Waals surface area contributed by atoms with Crippen molar-refractivity contribution in [3.8, 4) is 0 Å². The summed E-state index contributed by atoms with van der Waals surface area (Å²) in [5.74, 6) is 0. The Bertz CT molecular complexity index is 216. The molecule has 0 bridgehead atoms. The van der Waals surface area contributed by atoms with Crippen molar-refractivity contribution in [1.82, 2.24) is 9.71 Å². The summed E-state index contributed by atoms with van der Waals surface area (Å²) in [6.45, 7) is 0. The summed E-state index contributed by atoms with van der Waals surface area (Å²) >= 11 is 0.611. The first kappa shape index (κ1) is 11.4. The number of aromatic nitrogens is 1. The molecule has 0 aromatic carbocycles. The molecule has 0 fully saturated rings. The monoisotopic (exact) mass is 199 g/mol. The Hall–Kier alpha value is -1.56. The number of primary amides is 1. The van der Waals surface area contributed by atoms with E-state index >= 15 is 0 Å². The van der Waals surface area contributed by atoms with Crippen molar-refractivity contribution < 1.29 is 9.59 Å². The second kappa shape index (κ2) is 8.54. The van der Waals surface area contributed by atoms with Gasteiger partial charge >= 0.3 is 6.03 Å². The zero-order valence-corrected chi connectivity index (χ0v) is 7.53. The summed E-state index contributed by atoms with van der Waals surface area (Å²) in [6.07, 6.45) is 3.50. The topological polar surface area (TPSA) is 85.1 Å². The zero-order chi connectivity index (χ0) is 9.94. The van der Waals surface area contributed by atoms with Crippen LogP contribution in [0.3, 0.4) is 0 Å². The lowest BCUT2D eigenvalue weighted by Gasteiger charge is -1.86. The highest BCUT2D eigenvalue weighted by molar-refractivity contribution is 8.10. The van der Waals surface area contributed by atoms with E-state index in [9.17, 15) is 9.59 Å². The Morgan fingerprint density at radius 1 is 1.38 bits per heavy atom. The van der Waals surface area contributed by atoms with Crippen LogP contribution in [-0.4, -0.2) is 16.6 Å². The third-order valence-electron chi connectivity index (χ3n) is 0.774. The van der Waals surface area contributed by atoms with Crippen molar-refractivity contribution >= 4 is 23.6 Å². The summed E-state index contributed by atoms with van der Waals surface area (Å²) in [7, 11) is 0. The summed E-state index contributed by atoms with van der Waals surface area (Å²) in [5, 5.41) is 0. The van der Waals surface area contributed by atoms with Gasteiger partial charge < -0.3 is 5.73 Å². The second-order valence-corrected chi connectivity index (χ2v) is 2.34. The summed E-state index contributed by atoms with van der Waals surface area (Å²) in [6, 6.07) is 5.00. The van der Waals surface area contributed by atoms with Gasteiger partial charge in [0.1, 0.15) is 0 Å². The van der Waals surface area contributed by atoms with E-state index in [-0.39, 0.29) is 0 Å². The van der Waals surface area contributed by atoms with Crippen LogP contribution in [-0.2, 0) is 4.79 Å². The SMILES string of the molecule is NC(=O)NSC=O.c1ccncc1. The molecule has 0 saturated carbocycles. The molecule has 6 heteroatoms. The van der Waals surface area contributed by atoms with Gasteiger partial charge in [0.2, 0.25) is 0 Å². The zero-order valence-electron chi connectivity index (χ0n) is 6.71. The van der Waals surface area contributed by atoms with E-state index < -0.39 is 6.03 Å². The number of rotatable bonds is 2. The van der Waals surface area contributed by atoms with Crippen molar-refractivity contribution in [2.75, 3.05) is 0 Å². The largest absolute Gasteiger partial charge is 0.351 e. The van der Waals surface area contributed by atoms with E-state index in [1.807, 2.05) is 22.9 Å². The van der Waals surface area contributed by atoms with Crippen LogP contribution < -0.4 is 10.5 Å². The molecular formula is C7H9N3O2S. The second-order valence-electron chi connectivity index (χ2n) is 1.70. The molecule has 1 aromatic heterocycles. The molecule has 0 spiro atoms. The third-order valence-corrected chi connectivity index (χ3v) is 1.19. The average molecular weight is 199 g/mol. The van der Waals surface area contributed by atoms with Crippen LogP contribution in [0.5, 0.6) is 0 Å². The molecular weight excluding hydrogens is 190 g/mol. The molecule has 0 aliphatic heterocycles. The number of carbonyl (C=O) groups excluding carboxylic acids is 2. The first-order valence-corrected chi connectivity index (χ1v) is 4.15. The van der Waals surface area contributed by atoms with E-state index in [1.54, 1.807) is 12.4 Å². The van der Waals surface area contributed by atoms with Gasteiger partial charge in [-0.25, -0.2) is 4.79 Å². The number of pyridine rings is 1. The van der Waals surface area contributed by atoms with Gasteiger partial charge in [-0.05, 0) is 12.1 Å². The highest BCUT2D eigenvalue weighted by Crippen LogP contribution is 1.78. The van der Waals surface area contributed by atoms with Gasteiger partial charge in [-0.3, -0.25) is 14.5 Å². The number of nitrogens with two attached hydrogens (primary N) is 1. The Balaban J connectivity index is 0.000000223. The predicted octanol–water partition coefficient (Wildman–Crippen LogP) is 0.575. The number of nitrogens with one attached hydrogen (secondary N) is 1. The van der Waals surface area contributed by atoms with Gasteiger partial charge in [-0.1, -0.05) is 6.07 Å². The van der Waals surface area contributed by atoms with Crippen molar-refractivity contribution in [2.24, 2.45) is 5.73 Å². The standard InChI is InChI=1S/C5H5N.C2H4N2O2S/c1-2-4-6-5-3-1;3-2(6)4-7-1-5/h1-5H;1H,(H3,3,4,6). The first-order valence-electron chi connectivity index (χ1n) is 3.27. The Morgan fingerprint density at radius 2 is 2.00 bits per heavy atom. The molecule has 0 radical (unpaired) electrons. The Morgan fingerprint density at radius 3 is 2.15 bits per heavy atom. The Labute approximate surface area is 79.9 Å². The lowest BCUT2D eigenvalue weighted by Crippen LogP contribution is -2.22. The molecule has 0 atom stereocenters. The van der Waals surface area contributed by atoms with Crippen molar-refractivity contribution in [1.29, 1.82) is 0 Å². The van der Waals surface area contributed by atoms with Crippen LogP contribution in [0.15, 0.2) is 30.6 Å². The van der Waals surface area contributed by atoms with Crippen LogP contribution in [0.25, 0.3) is 0 Å². The average Bonchev–Trinajstić information content (AvgIpc) is 2.18. The third kappa shape index (κ3) is 10.4. The lowest BCUT2D eigenvalue weighted by atomic mass is 10.5. The smallest absolute Gasteiger partial charge is 0.322 e. The molecule has 70 valence electrons. The minimum Gasteiger partial charge on any atom is -0.351 e. The van der Waals surface area contributed by atoms with Gasteiger partial charge in [0.15, 0.2) is 5.62 Å². The van der Waals surface area contributed by atoms with Gasteiger partial charge in [-0.2, -0.15) is 0 Å². The lowest BCUT2D eigenvalue weighted by molar-refractivity contribution is 0.254. The molecule has 3 N–H and O–H groups in total. The molecule has 0 aliphatic rings. The summed E-state index contributed by atoms with van der Waals surface area (Å²) in [5.41, 5.74) is 5.03. The fraction of sp³-hybridized carbons (Fsp3) is 0. The highest BCUT2D eigenvalue weighted by atomic mass is 32.2. The molecule has 1 heterocycles. The molecule has 0 saturated heterocycles. The van der Waals surface area contributed by atoms with Crippen LogP contribution in [0.1, 0.15) is 0 Å². The van der Waals surface area contributed by atoms with Crippen LogP contribution >= 0.6 is 11.9 Å². The number of carbonyl (C=O) groups is 2. The van der Waals surface area contributed by atoms with E-state index in [0.717, 1.165) is 0 Å². The highest BCUT2D eigenvalue weighted by Gasteiger charge is 1.84. The Kier molecular flexibility index (Phi) is 7.51. The minimum absolute atomic E-state index is 0.477. The quantitative estimate of drug-likeness (QED) is 0.538. The maximum atomic E-state index is 9.69. The van der Waals surface area contributed by atoms with E-state index in [0.29, 0.717) is 17.6 Å². The number of hydrogen-bond donors (Lipinski definition) is 2. The van der Waals surface area contributed by atoms with Crippen molar-refractivity contribution in [3.63, 3.8) is 0 Å². The minimum atomic E-state index is -0.711. The number of hydrogen-bond acceptors (Lipinski definition) is 4. The van der Waals surface area contributed by atoms with E-state index in [2.05, 4.69) is 10.7 Å². The van der Waals surface area contributed by atoms with Gasteiger partial charge in [0.25, 0.3) is 0 Å². The fourth-order valence-corrected chi connectivity index (χ4v) is 0.559. The van der Waals surface area contributed by atoms with Crippen LogP contribution in [0.2, 0.25) is 0 Å². The summed E-state index contributed by atoms with van der Waals surface area (Å²) < 4.78 is 1.98. The molecule has 2 amide bonds. The van der Waals surface area contributed by atoms with E-state index in [1.165, 1.54) is 0 Å². The molecule has 1 rings (SSSR count). The van der Waals surface area contributed by atoms with Crippen molar-refractivity contribution in [3.05, 3.63) is 30.6 Å². The number of urea groups is 1. The molecule has 5 nitrogen and oxygen atoms in total. The predicted molar refractivity (Wildman–Crippen MR) is 51.3 cm³/mol. The molecule has 1 aromatic rings. The van der Waals surface area contributed by atoms with Crippen LogP contribution in [0.4, 0.5) is 4.79 Å². The van der Waals surface area contributed by atoms with Gasteiger partial charge in [0, 0.05) is 24.3 Å². The molecule has 0 unspecified atom stereocenters. The number of nitrogens with zero attached hydrogens (tertiary/aromatic N) is 1. The van der Waals surface area contributed by atoms with Gasteiger partial charge in [-0.15, -0.1) is 0 Å². The van der Waals surface area contributed by atoms with Gasteiger partial charge in [0.05, 0.1) is 0 Å². The van der Waals surface area contributed by atoms with Crippen LogP contribution in [0, 0.1) is 0 Å². The first-order chi connectivity index (χ1) is 6.27. The van der Waals surface area contributed by atoms with Crippen molar-refractivity contribution in [2.45, 2.75) is 0 Å². The number of amides is 2. The van der Waals surface area contributed by atoms with E-state index in [4.69, 9.17) is 0 Å². The molecule has 0 aliphatic carbocycles. The molecule has 13 heavy (non-hydrogen) atoms. The maximum absolute atomic E-state index is 9.69. The summed E-state index contributed by atoms with van der Waals surface area (Å²) in [4.78, 5) is 22.9. The maximum Gasteiger partial charge on any atom is 0.322 e. The fourth-order valence-electron chi connectivity index (χ4n) is 0.395.